The zero-order valence-electron chi connectivity index (χ0n) is 18.0. The van der Waals surface area contributed by atoms with Crippen LogP contribution in [0.4, 0.5) is 0 Å². The molecule has 0 fully saturated rings. The average Bonchev–Trinajstić information content (AvgIpc) is 3.28. The Kier molecular flexibility index (Phi) is 5.24. The second kappa shape index (κ2) is 7.86. The van der Waals surface area contributed by atoms with Crippen LogP contribution in [0.2, 0.25) is 0 Å². The van der Waals surface area contributed by atoms with Gasteiger partial charge in [0.05, 0.1) is 25.5 Å². The number of aromatic amines is 1. The molecule has 0 aliphatic carbocycles. The third-order valence-electron chi connectivity index (χ3n) is 5.49. The number of nitrogens with zero attached hydrogens (tertiary/aromatic N) is 2. The standard InChI is InChI=1S/C24H27N3O3/c1-6-30-18-12-11-17(13-19(18)29-5)23-20-21(16-9-7-15(4)8-10-16)25-26-22(20)24(28)27(23)14(2)3/h7-14,23H,6H2,1-5H3,(H,25,26). The first kappa shape index (κ1) is 20.0. The van der Waals surface area contributed by atoms with Crippen molar-refractivity contribution < 1.29 is 14.3 Å². The Morgan fingerprint density at radius 3 is 2.50 bits per heavy atom. The van der Waals surface area contributed by atoms with Gasteiger partial charge in [0, 0.05) is 17.2 Å². The number of ether oxygens (including phenoxy) is 2. The van der Waals surface area contributed by atoms with E-state index in [0.717, 1.165) is 22.4 Å². The van der Waals surface area contributed by atoms with Crippen molar-refractivity contribution in [2.24, 2.45) is 0 Å². The SMILES string of the molecule is CCOc1ccc(C2c3c(-c4ccc(C)cc4)n[nH]c3C(=O)N2C(C)C)cc1OC. The van der Waals surface area contributed by atoms with Crippen LogP contribution < -0.4 is 9.47 Å². The molecule has 1 aliphatic heterocycles. The highest BCUT2D eigenvalue weighted by atomic mass is 16.5. The lowest BCUT2D eigenvalue weighted by molar-refractivity contribution is 0.0687. The molecule has 6 heteroatoms. The molecule has 0 radical (unpaired) electrons. The Hall–Kier alpha value is -3.28. The Labute approximate surface area is 176 Å². The number of H-pyrrole nitrogens is 1. The fraction of sp³-hybridized carbons (Fsp3) is 0.333. The molecule has 1 aliphatic rings. The van der Waals surface area contributed by atoms with E-state index in [9.17, 15) is 4.79 Å². The molecule has 1 amide bonds. The van der Waals surface area contributed by atoms with Gasteiger partial charge in [0.2, 0.25) is 0 Å². The van der Waals surface area contributed by atoms with Crippen molar-refractivity contribution >= 4 is 5.91 Å². The topological polar surface area (TPSA) is 67.5 Å². The normalized spacial score (nSPS) is 15.6. The summed E-state index contributed by atoms with van der Waals surface area (Å²) in [7, 11) is 1.63. The lowest BCUT2D eigenvalue weighted by atomic mass is 9.95. The molecule has 0 spiro atoms. The second-order valence-electron chi connectivity index (χ2n) is 7.78. The highest BCUT2D eigenvalue weighted by molar-refractivity contribution is 6.00. The van der Waals surface area contributed by atoms with E-state index in [1.807, 2.05) is 56.0 Å². The first-order valence-electron chi connectivity index (χ1n) is 10.2. The molecular formula is C24H27N3O3. The van der Waals surface area contributed by atoms with Crippen molar-refractivity contribution in [3.63, 3.8) is 0 Å². The van der Waals surface area contributed by atoms with Gasteiger partial charge in [0.25, 0.3) is 5.91 Å². The molecular weight excluding hydrogens is 378 g/mol. The Morgan fingerprint density at radius 1 is 1.13 bits per heavy atom. The van der Waals surface area contributed by atoms with E-state index in [0.29, 0.717) is 23.8 Å². The molecule has 2 aromatic carbocycles. The molecule has 1 unspecified atom stereocenters. The van der Waals surface area contributed by atoms with Crippen LogP contribution in [0.1, 0.15) is 54.0 Å². The van der Waals surface area contributed by atoms with Crippen molar-refractivity contribution in [1.82, 2.24) is 15.1 Å². The van der Waals surface area contributed by atoms with Gasteiger partial charge >= 0.3 is 0 Å². The molecule has 0 bridgehead atoms. The zero-order chi connectivity index (χ0) is 21.4. The summed E-state index contributed by atoms with van der Waals surface area (Å²) >= 11 is 0. The summed E-state index contributed by atoms with van der Waals surface area (Å²) in [6.45, 7) is 8.61. The number of fused-ring (bicyclic) bond motifs is 1. The minimum absolute atomic E-state index is 0.0201. The van der Waals surface area contributed by atoms with Gasteiger partial charge in [-0.3, -0.25) is 9.89 Å². The van der Waals surface area contributed by atoms with E-state index in [4.69, 9.17) is 9.47 Å². The van der Waals surface area contributed by atoms with Crippen LogP contribution in [0.15, 0.2) is 42.5 Å². The molecule has 30 heavy (non-hydrogen) atoms. The van der Waals surface area contributed by atoms with Crippen LogP contribution in [0.3, 0.4) is 0 Å². The van der Waals surface area contributed by atoms with Crippen molar-refractivity contribution in [3.05, 3.63) is 64.8 Å². The number of hydrogen-bond donors (Lipinski definition) is 1. The fourth-order valence-electron chi connectivity index (χ4n) is 4.09. The van der Waals surface area contributed by atoms with Gasteiger partial charge in [-0.2, -0.15) is 5.10 Å². The molecule has 1 atom stereocenters. The van der Waals surface area contributed by atoms with Gasteiger partial charge in [-0.15, -0.1) is 0 Å². The van der Waals surface area contributed by atoms with Crippen molar-refractivity contribution in [2.75, 3.05) is 13.7 Å². The summed E-state index contributed by atoms with van der Waals surface area (Å²) in [5, 5.41) is 7.52. The minimum Gasteiger partial charge on any atom is -0.493 e. The number of aromatic nitrogens is 2. The van der Waals surface area contributed by atoms with Gasteiger partial charge in [-0.25, -0.2) is 0 Å². The number of nitrogens with one attached hydrogen (secondary N) is 1. The summed E-state index contributed by atoms with van der Waals surface area (Å²) in [6.07, 6.45) is 0. The number of carbonyl (C=O) groups is 1. The monoisotopic (exact) mass is 405 g/mol. The summed E-state index contributed by atoms with van der Waals surface area (Å²) in [5.74, 6) is 1.30. The van der Waals surface area contributed by atoms with Gasteiger partial charge in [-0.1, -0.05) is 35.9 Å². The number of carbonyl (C=O) groups excluding carboxylic acids is 1. The Bertz CT molecular complexity index is 1070. The summed E-state index contributed by atoms with van der Waals surface area (Å²) in [6, 6.07) is 13.8. The zero-order valence-corrected chi connectivity index (χ0v) is 18.0. The van der Waals surface area contributed by atoms with Gasteiger partial charge in [-0.05, 0) is 45.4 Å². The van der Waals surface area contributed by atoms with Crippen LogP contribution in [-0.2, 0) is 0 Å². The number of benzene rings is 2. The van der Waals surface area contributed by atoms with E-state index in [1.54, 1.807) is 7.11 Å². The van der Waals surface area contributed by atoms with Crippen LogP contribution in [-0.4, -0.2) is 40.8 Å². The number of aryl methyl sites for hydroxylation is 1. The van der Waals surface area contributed by atoms with Crippen LogP contribution >= 0.6 is 0 Å². The van der Waals surface area contributed by atoms with Crippen molar-refractivity contribution in [3.8, 4) is 22.8 Å². The third kappa shape index (κ3) is 3.22. The molecule has 1 N–H and O–H groups in total. The third-order valence-corrected chi connectivity index (χ3v) is 5.49. The maximum atomic E-state index is 13.2. The Balaban J connectivity index is 1.88. The average molecular weight is 405 g/mol. The molecule has 0 saturated carbocycles. The fourth-order valence-corrected chi connectivity index (χ4v) is 4.09. The lowest BCUT2D eigenvalue weighted by Gasteiger charge is -2.30. The van der Waals surface area contributed by atoms with E-state index >= 15 is 0 Å². The highest BCUT2D eigenvalue weighted by Gasteiger charge is 2.43. The van der Waals surface area contributed by atoms with Gasteiger partial charge in [0.15, 0.2) is 11.5 Å². The predicted molar refractivity (Wildman–Crippen MR) is 116 cm³/mol. The van der Waals surface area contributed by atoms with E-state index in [-0.39, 0.29) is 18.0 Å². The Morgan fingerprint density at radius 2 is 1.87 bits per heavy atom. The molecule has 4 rings (SSSR count). The predicted octanol–water partition coefficient (Wildman–Crippen LogP) is 4.75. The molecule has 156 valence electrons. The molecule has 1 aromatic heterocycles. The van der Waals surface area contributed by atoms with Crippen LogP contribution in [0, 0.1) is 6.92 Å². The van der Waals surface area contributed by atoms with E-state index < -0.39 is 0 Å². The van der Waals surface area contributed by atoms with Crippen molar-refractivity contribution in [1.29, 1.82) is 0 Å². The second-order valence-corrected chi connectivity index (χ2v) is 7.78. The maximum Gasteiger partial charge on any atom is 0.273 e. The van der Waals surface area contributed by atoms with Crippen LogP contribution in [0.25, 0.3) is 11.3 Å². The molecule has 3 aromatic rings. The van der Waals surface area contributed by atoms with Crippen LogP contribution in [0.5, 0.6) is 11.5 Å². The number of methoxy groups -OCH3 is 1. The summed E-state index contributed by atoms with van der Waals surface area (Å²) < 4.78 is 11.2. The molecule has 2 heterocycles. The quantitative estimate of drug-likeness (QED) is 0.643. The van der Waals surface area contributed by atoms with E-state index in [1.165, 1.54) is 5.56 Å². The number of hydrogen-bond acceptors (Lipinski definition) is 4. The smallest absolute Gasteiger partial charge is 0.273 e. The highest BCUT2D eigenvalue weighted by Crippen LogP contribution is 2.45. The maximum absolute atomic E-state index is 13.2. The number of rotatable bonds is 6. The summed E-state index contributed by atoms with van der Waals surface area (Å²) in [5.41, 5.74) is 5.39. The molecule has 0 saturated heterocycles. The van der Waals surface area contributed by atoms with E-state index in [2.05, 4.69) is 29.3 Å². The lowest BCUT2D eigenvalue weighted by Crippen LogP contribution is -2.35. The number of amides is 1. The summed E-state index contributed by atoms with van der Waals surface area (Å²) in [4.78, 5) is 15.1. The van der Waals surface area contributed by atoms with Crippen molar-refractivity contribution in [2.45, 2.75) is 39.8 Å². The molecule has 6 nitrogen and oxygen atoms in total. The van der Waals surface area contributed by atoms with Gasteiger partial charge in [0.1, 0.15) is 5.69 Å². The largest absolute Gasteiger partial charge is 0.493 e. The van der Waals surface area contributed by atoms with Gasteiger partial charge < -0.3 is 14.4 Å². The first-order valence-corrected chi connectivity index (χ1v) is 10.2. The first-order chi connectivity index (χ1) is 14.5. The minimum atomic E-state index is -0.257.